The predicted octanol–water partition coefficient (Wildman–Crippen LogP) is 5.17. The van der Waals surface area contributed by atoms with Gasteiger partial charge in [-0.3, -0.25) is 4.79 Å². The molecule has 5 nitrogen and oxygen atoms in total. The number of benzene rings is 3. The minimum atomic E-state index is -0.964. The summed E-state index contributed by atoms with van der Waals surface area (Å²) in [7, 11) is 0. The van der Waals surface area contributed by atoms with Gasteiger partial charge in [-0.15, -0.1) is 0 Å². The van der Waals surface area contributed by atoms with Crippen LogP contribution in [0, 0.1) is 0 Å². The lowest BCUT2D eigenvalue weighted by Gasteiger charge is -2.31. The summed E-state index contributed by atoms with van der Waals surface area (Å²) in [6.07, 6.45) is 2.77. The van der Waals surface area contributed by atoms with Crippen LogP contribution < -0.4 is 0 Å². The first-order valence-corrected chi connectivity index (χ1v) is 11.4. The number of carboxylic acid groups (broad SMARTS) is 1. The number of carboxylic acids is 1. The van der Waals surface area contributed by atoms with Crippen molar-refractivity contribution in [2.24, 2.45) is 0 Å². The van der Waals surface area contributed by atoms with E-state index < -0.39 is 5.97 Å². The number of nitrogens with zero attached hydrogens (tertiary/aromatic N) is 1. The van der Waals surface area contributed by atoms with Gasteiger partial charge in [0.25, 0.3) is 0 Å². The van der Waals surface area contributed by atoms with Crippen LogP contribution >= 0.6 is 0 Å². The quantitative estimate of drug-likeness (QED) is 0.427. The number of hydrogen-bond donors (Lipinski definition) is 2. The molecule has 0 aliphatic carbocycles. The van der Waals surface area contributed by atoms with Crippen molar-refractivity contribution in [3.63, 3.8) is 0 Å². The highest BCUT2D eigenvalue weighted by Crippen LogP contribution is 2.25. The Morgan fingerprint density at radius 1 is 0.879 bits per heavy atom. The van der Waals surface area contributed by atoms with Crippen LogP contribution in [0.3, 0.4) is 0 Å². The van der Waals surface area contributed by atoms with E-state index in [1.807, 2.05) is 60.7 Å². The molecule has 172 valence electrons. The largest absolute Gasteiger partial charge is 0.478 e. The highest BCUT2D eigenvalue weighted by molar-refractivity contribution is 5.96. The lowest BCUT2D eigenvalue weighted by Crippen LogP contribution is -2.43. The zero-order chi connectivity index (χ0) is 23.6. The van der Waals surface area contributed by atoms with Crippen molar-refractivity contribution in [1.82, 2.24) is 4.90 Å². The van der Waals surface area contributed by atoms with Crippen molar-refractivity contribution in [2.75, 3.05) is 6.61 Å². The molecule has 0 fully saturated rings. The van der Waals surface area contributed by atoms with Gasteiger partial charge in [0.05, 0.1) is 18.2 Å². The molecule has 1 amide bonds. The van der Waals surface area contributed by atoms with Crippen LogP contribution in [0.4, 0.5) is 0 Å². The summed E-state index contributed by atoms with van der Waals surface area (Å²) in [5.41, 5.74) is 3.73. The molecule has 0 saturated heterocycles. The van der Waals surface area contributed by atoms with Crippen LogP contribution in [-0.2, 0) is 17.8 Å². The van der Waals surface area contributed by atoms with Gasteiger partial charge < -0.3 is 15.1 Å². The van der Waals surface area contributed by atoms with Crippen molar-refractivity contribution < 1.29 is 19.8 Å². The molecule has 2 N–H and O–H groups in total. The van der Waals surface area contributed by atoms with Crippen molar-refractivity contribution in [3.8, 4) is 11.1 Å². The second kappa shape index (κ2) is 12.0. The number of hydrogen-bond acceptors (Lipinski definition) is 3. The summed E-state index contributed by atoms with van der Waals surface area (Å²) < 4.78 is 0. The predicted molar refractivity (Wildman–Crippen MR) is 130 cm³/mol. The Bertz CT molecular complexity index is 1050. The number of carbonyl (C=O) groups excluding carboxylic acids is 1. The molecule has 3 aromatic rings. The Hall–Kier alpha value is -3.44. The Labute approximate surface area is 195 Å². The Morgan fingerprint density at radius 3 is 2.18 bits per heavy atom. The van der Waals surface area contributed by atoms with E-state index in [-0.39, 0.29) is 24.1 Å². The lowest BCUT2D eigenvalue weighted by atomic mass is 9.98. The topological polar surface area (TPSA) is 77.8 Å². The molecule has 33 heavy (non-hydrogen) atoms. The van der Waals surface area contributed by atoms with E-state index in [4.69, 9.17) is 0 Å². The van der Waals surface area contributed by atoms with E-state index in [1.165, 1.54) is 0 Å². The minimum absolute atomic E-state index is 0.0344. The molecule has 3 aromatic carbocycles. The first-order valence-electron chi connectivity index (χ1n) is 11.4. The monoisotopic (exact) mass is 445 g/mol. The fourth-order valence-electron chi connectivity index (χ4n) is 3.96. The van der Waals surface area contributed by atoms with E-state index in [1.54, 1.807) is 23.1 Å². The van der Waals surface area contributed by atoms with Gasteiger partial charge in [0, 0.05) is 13.0 Å². The molecule has 1 atom stereocenters. The van der Waals surface area contributed by atoms with Crippen LogP contribution in [-0.4, -0.2) is 39.6 Å². The summed E-state index contributed by atoms with van der Waals surface area (Å²) in [6.45, 7) is 2.33. The van der Waals surface area contributed by atoms with Gasteiger partial charge in [-0.1, -0.05) is 86.1 Å². The third-order valence-corrected chi connectivity index (χ3v) is 5.81. The summed E-state index contributed by atoms with van der Waals surface area (Å²) in [6, 6.07) is 24.1. The summed E-state index contributed by atoms with van der Waals surface area (Å²) in [5, 5.41) is 19.6. The number of aliphatic hydroxyl groups excluding tert-OH is 1. The van der Waals surface area contributed by atoms with Gasteiger partial charge in [-0.2, -0.15) is 0 Å². The van der Waals surface area contributed by atoms with Crippen molar-refractivity contribution in [1.29, 1.82) is 0 Å². The van der Waals surface area contributed by atoms with Crippen LogP contribution in [0.5, 0.6) is 0 Å². The molecule has 0 aliphatic rings. The number of aromatic carboxylic acids is 1. The Morgan fingerprint density at radius 2 is 1.55 bits per heavy atom. The van der Waals surface area contributed by atoms with Crippen molar-refractivity contribution in [2.45, 2.75) is 45.2 Å². The smallest absolute Gasteiger partial charge is 0.336 e. The van der Waals surface area contributed by atoms with Gasteiger partial charge in [0.2, 0.25) is 5.91 Å². The Balaban J connectivity index is 1.83. The first kappa shape index (κ1) is 24.2. The molecule has 0 spiro atoms. The highest BCUT2D eigenvalue weighted by Gasteiger charge is 2.23. The minimum Gasteiger partial charge on any atom is -0.478 e. The molecule has 0 aromatic heterocycles. The third kappa shape index (κ3) is 6.53. The maximum absolute atomic E-state index is 13.1. The molecule has 1 unspecified atom stereocenters. The van der Waals surface area contributed by atoms with E-state index >= 15 is 0 Å². The zero-order valence-electron chi connectivity index (χ0n) is 19.0. The van der Waals surface area contributed by atoms with Crippen LogP contribution in [0.1, 0.15) is 47.7 Å². The second-order valence-electron chi connectivity index (χ2n) is 8.20. The summed E-state index contributed by atoms with van der Waals surface area (Å²) in [5.74, 6) is -0.929. The van der Waals surface area contributed by atoms with Crippen molar-refractivity contribution in [3.05, 3.63) is 95.6 Å². The van der Waals surface area contributed by atoms with Gasteiger partial charge in [0.1, 0.15) is 0 Å². The van der Waals surface area contributed by atoms with Crippen LogP contribution in [0.15, 0.2) is 78.9 Å². The Kier molecular flexibility index (Phi) is 8.79. The SMILES string of the molecule is CCCCC(=O)N(Cc1ccc(-c2ccccc2C(=O)O)cc1)C(CO)Cc1ccccc1. The molecule has 0 saturated carbocycles. The number of rotatable bonds is 11. The van der Waals surface area contributed by atoms with Gasteiger partial charge in [0.15, 0.2) is 0 Å². The number of amides is 1. The van der Waals surface area contributed by atoms with Crippen LogP contribution in [0.2, 0.25) is 0 Å². The number of aliphatic hydroxyl groups is 1. The third-order valence-electron chi connectivity index (χ3n) is 5.81. The van der Waals surface area contributed by atoms with E-state index in [2.05, 4.69) is 6.92 Å². The zero-order valence-corrected chi connectivity index (χ0v) is 19.0. The highest BCUT2D eigenvalue weighted by atomic mass is 16.4. The van der Waals surface area contributed by atoms with Gasteiger partial charge in [-0.05, 0) is 41.2 Å². The fraction of sp³-hybridized carbons (Fsp3) is 0.286. The normalized spacial score (nSPS) is 11.7. The summed E-state index contributed by atoms with van der Waals surface area (Å²) >= 11 is 0. The summed E-state index contributed by atoms with van der Waals surface area (Å²) in [4.78, 5) is 26.4. The molecule has 5 heteroatoms. The lowest BCUT2D eigenvalue weighted by molar-refractivity contribution is -0.135. The van der Waals surface area contributed by atoms with Crippen molar-refractivity contribution >= 4 is 11.9 Å². The fourth-order valence-corrected chi connectivity index (χ4v) is 3.96. The molecular formula is C28H31NO4. The van der Waals surface area contributed by atoms with Gasteiger partial charge in [-0.25, -0.2) is 4.79 Å². The molecule has 0 bridgehead atoms. The number of carbonyl (C=O) groups is 2. The average Bonchev–Trinajstić information content (AvgIpc) is 2.85. The van der Waals surface area contributed by atoms with E-state index in [0.29, 0.717) is 24.9 Å². The second-order valence-corrected chi connectivity index (χ2v) is 8.20. The maximum Gasteiger partial charge on any atom is 0.336 e. The first-order chi connectivity index (χ1) is 16.0. The van der Waals surface area contributed by atoms with Crippen LogP contribution in [0.25, 0.3) is 11.1 Å². The molecule has 0 radical (unpaired) electrons. The molecule has 0 aliphatic heterocycles. The molecule has 3 rings (SSSR count). The maximum atomic E-state index is 13.1. The molecule has 0 heterocycles. The van der Waals surface area contributed by atoms with E-state index in [0.717, 1.165) is 29.5 Å². The van der Waals surface area contributed by atoms with E-state index in [9.17, 15) is 19.8 Å². The average molecular weight is 446 g/mol. The molecular weight excluding hydrogens is 414 g/mol. The standard InChI is InChI=1S/C28H31NO4/c1-2-3-13-27(31)29(24(20-30)18-21-9-5-4-6-10-21)19-22-14-16-23(17-15-22)25-11-7-8-12-26(25)28(32)33/h4-12,14-17,24,30H,2-3,13,18-20H2,1H3,(H,32,33). The number of unbranched alkanes of at least 4 members (excludes halogenated alkanes) is 1. The van der Waals surface area contributed by atoms with Gasteiger partial charge >= 0.3 is 5.97 Å².